The van der Waals surface area contributed by atoms with Crippen LogP contribution in [-0.2, 0) is 0 Å². The number of rotatable bonds is 5. The molecule has 0 aliphatic heterocycles. The predicted octanol–water partition coefficient (Wildman–Crippen LogP) is 5.81. The van der Waals surface area contributed by atoms with Crippen molar-refractivity contribution in [3.05, 3.63) is 96.0 Å². The Kier molecular flexibility index (Phi) is 6.30. The normalized spacial score (nSPS) is 17.6. The van der Waals surface area contributed by atoms with Crippen LogP contribution < -0.4 is 4.78 Å². The van der Waals surface area contributed by atoms with Gasteiger partial charge in [-0.25, -0.2) is 0 Å². The summed E-state index contributed by atoms with van der Waals surface area (Å²) in [7, 11) is 2.25. The minimum atomic E-state index is 0.466. The third-order valence-corrected chi connectivity index (χ3v) is 5.92. The van der Waals surface area contributed by atoms with Gasteiger partial charge in [0.1, 0.15) is 0 Å². The largest absolute Gasteiger partial charge is 0.154 e. The summed E-state index contributed by atoms with van der Waals surface area (Å²) in [4.78, 5) is 1.48. The third kappa shape index (κ3) is 3.91. The van der Waals surface area contributed by atoms with Crippen LogP contribution in [0.4, 0.5) is 0 Å². The van der Waals surface area contributed by atoms with Gasteiger partial charge in [0, 0.05) is 16.4 Å². The highest BCUT2D eigenvalue weighted by molar-refractivity contribution is 7.21. The highest BCUT2D eigenvalue weighted by atomic mass is 32.1. The second-order valence-electron chi connectivity index (χ2n) is 6.49. The summed E-state index contributed by atoms with van der Waals surface area (Å²) in [5.74, 6) is 0.466. The Hall–Kier alpha value is -2.32. The molecule has 130 valence electrons. The van der Waals surface area contributed by atoms with Crippen LogP contribution in [0.15, 0.2) is 85.5 Å². The molecule has 1 atom stereocenters. The molecule has 0 fully saturated rings. The van der Waals surface area contributed by atoms with Crippen LogP contribution in [0.3, 0.4) is 0 Å². The minimum absolute atomic E-state index is 0.466. The van der Waals surface area contributed by atoms with Gasteiger partial charge in [-0.1, -0.05) is 85.5 Å². The van der Waals surface area contributed by atoms with Crippen LogP contribution in [0.2, 0.25) is 0 Å². The maximum absolute atomic E-state index is 3.92. The molecule has 1 aliphatic rings. The van der Waals surface area contributed by atoms with Crippen LogP contribution in [-0.4, -0.2) is 7.85 Å². The van der Waals surface area contributed by atoms with Crippen molar-refractivity contribution in [2.45, 2.75) is 25.7 Å². The molecule has 0 radical (unpaired) electrons. The van der Waals surface area contributed by atoms with Gasteiger partial charge in [0.25, 0.3) is 0 Å². The van der Waals surface area contributed by atoms with Crippen molar-refractivity contribution in [2.75, 3.05) is 0 Å². The van der Waals surface area contributed by atoms with Crippen molar-refractivity contribution < 1.29 is 0 Å². The van der Waals surface area contributed by atoms with Crippen molar-refractivity contribution in [3.63, 3.8) is 0 Å². The van der Waals surface area contributed by atoms with Crippen LogP contribution in [0.5, 0.6) is 0 Å². The molecule has 1 heterocycles. The molecule has 0 N–H and O–H groups in total. The smallest absolute Gasteiger partial charge is 0.153 e. The van der Waals surface area contributed by atoms with E-state index >= 15 is 0 Å². The highest BCUT2D eigenvalue weighted by Crippen LogP contribution is 2.42. The summed E-state index contributed by atoms with van der Waals surface area (Å²) in [6, 6.07) is 10.8. The fraction of sp³-hybridized carbons (Fsp3) is 0.167. The zero-order chi connectivity index (χ0) is 18.4. The molecule has 2 aromatic rings. The molecule has 0 nitrogen and oxygen atoms in total. The lowest BCUT2D eigenvalue weighted by molar-refractivity contribution is 0.769. The van der Waals surface area contributed by atoms with E-state index in [1.807, 2.05) is 17.4 Å². The van der Waals surface area contributed by atoms with Crippen LogP contribution in [0, 0.1) is 0 Å². The highest BCUT2D eigenvalue weighted by Gasteiger charge is 2.23. The summed E-state index contributed by atoms with van der Waals surface area (Å²) in [5, 5.41) is 0. The quantitative estimate of drug-likeness (QED) is 0.469. The molecule has 0 bridgehead atoms. The minimum Gasteiger partial charge on any atom is -0.154 e. The van der Waals surface area contributed by atoms with E-state index < -0.39 is 0 Å². The SMILES string of the molecule is Bc1sc(C2C=CC=CCC2)c(-c2ccccc2)c1C(/C=C\C)=C/C=C. The Morgan fingerprint density at radius 3 is 2.77 bits per heavy atom. The molecule has 1 aromatic carbocycles. The lowest BCUT2D eigenvalue weighted by atomic mass is 9.86. The third-order valence-electron chi connectivity index (χ3n) is 4.68. The van der Waals surface area contributed by atoms with Crippen molar-refractivity contribution in [2.24, 2.45) is 0 Å². The van der Waals surface area contributed by atoms with Gasteiger partial charge in [-0.05, 0) is 41.2 Å². The molecule has 1 unspecified atom stereocenters. The first kappa shape index (κ1) is 18.5. The van der Waals surface area contributed by atoms with Crippen LogP contribution in [0.1, 0.15) is 36.1 Å². The standard InChI is InChI=1S/C24H25BS/c1-3-12-18(13-4-2)22-21(19-14-10-7-11-15-19)23(26-24(22)25)20-16-8-5-6-9-17-20/h3-8,10-16,20H,1,9,17,25H2,2H3/b13-4-,18-12+. The van der Waals surface area contributed by atoms with Gasteiger partial charge in [-0.15, -0.1) is 0 Å². The molecule has 0 saturated heterocycles. The molecule has 1 aromatic heterocycles. The van der Waals surface area contributed by atoms with E-state index in [0.29, 0.717) is 5.92 Å². The summed E-state index contributed by atoms with van der Waals surface area (Å²) in [6.45, 7) is 5.99. The fourth-order valence-electron chi connectivity index (χ4n) is 3.56. The van der Waals surface area contributed by atoms with E-state index in [9.17, 15) is 0 Å². The van der Waals surface area contributed by atoms with Gasteiger partial charge in [0.2, 0.25) is 0 Å². The van der Waals surface area contributed by atoms with Gasteiger partial charge in [-0.2, -0.15) is 11.3 Å². The number of thiophene rings is 1. The monoisotopic (exact) mass is 356 g/mol. The number of hydrogen-bond donors (Lipinski definition) is 0. The Morgan fingerprint density at radius 2 is 2.04 bits per heavy atom. The zero-order valence-electron chi connectivity index (χ0n) is 15.6. The van der Waals surface area contributed by atoms with Crippen molar-refractivity contribution in [3.8, 4) is 11.1 Å². The van der Waals surface area contributed by atoms with E-state index in [0.717, 1.165) is 12.8 Å². The second kappa shape index (κ2) is 8.87. The number of hydrogen-bond acceptors (Lipinski definition) is 1. The average Bonchev–Trinajstić information content (AvgIpc) is 2.83. The number of benzene rings is 1. The second-order valence-corrected chi connectivity index (χ2v) is 7.75. The Morgan fingerprint density at radius 1 is 1.23 bits per heavy atom. The first-order chi connectivity index (χ1) is 12.8. The molecule has 3 rings (SSSR count). The maximum atomic E-state index is 3.92. The average molecular weight is 356 g/mol. The lowest BCUT2D eigenvalue weighted by Crippen LogP contribution is -2.03. The summed E-state index contributed by atoms with van der Waals surface area (Å²) in [5.41, 5.74) is 5.26. The van der Waals surface area contributed by atoms with Gasteiger partial charge in [0.15, 0.2) is 7.85 Å². The van der Waals surface area contributed by atoms with Crippen LogP contribution >= 0.6 is 11.3 Å². The maximum Gasteiger partial charge on any atom is 0.153 e. The van der Waals surface area contributed by atoms with E-state index in [-0.39, 0.29) is 0 Å². The topological polar surface area (TPSA) is 0 Å². The molecule has 0 amide bonds. The van der Waals surface area contributed by atoms with E-state index in [1.165, 1.54) is 31.9 Å². The first-order valence-electron chi connectivity index (χ1n) is 9.24. The van der Waals surface area contributed by atoms with Crippen molar-refractivity contribution >= 4 is 29.5 Å². The van der Waals surface area contributed by atoms with Crippen LogP contribution in [0.25, 0.3) is 16.7 Å². The summed E-state index contributed by atoms with van der Waals surface area (Å²) >= 11 is 1.94. The fourth-order valence-corrected chi connectivity index (χ4v) is 4.88. The van der Waals surface area contributed by atoms with Gasteiger partial charge >= 0.3 is 0 Å². The van der Waals surface area contributed by atoms with Crippen molar-refractivity contribution in [1.82, 2.24) is 0 Å². The van der Waals surface area contributed by atoms with E-state index in [1.54, 1.807) is 0 Å². The molecular weight excluding hydrogens is 331 g/mol. The summed E-state index contributed by atoms with van der Waals surface area (Å²) in [6.07, 6.45) is 19.6. The predicted molar refractivity (Wildman–Crippen MR) is 121 cm³/mol. The molecular formula is C24H25BS. The van der Waals surface area contributed by atoms with E-state index in [4.69, 9.17) is 0 Å². The zero-order valence-corrected chi connectivity index (χ0v) is 16.4. The molecule has 0 saturated carbocycles. The lowest BCUT2D eigenvalue weighted by Gasteiger charge is -2.15. The van der Waals surface area contributed by atoms with Gasteiger partial charge < -0.3 is 0 Å². The Labute approximate surface area is 162 Å². The van der Waals surface area contributed by atoms with Gasteiger partial charge in [0.05, 0.1) is 0 Å². The first-order valence-corrected chi connectivity index (χ1v) is 10.1. The van der Waals surface area contributed by atoms with E-state index in [2.05, 4.69) is 94.2 Å². The van der Waals surface area contributed by atoms with Crippen molar-refractivity contribution in [1.29, 1.82) is 0 Å². The molecule has 26 heavy (non-hydrogen) atoms. The van der Waals surface area contributed by atoms with Gasteiger partial charge in [-0.3, -0.25) is 0 Å². The number of allylic oxidation sites excluding steroid dienone is 9. The summed E-state index contributed by atoms with van der Waals surface area (Å²) < 4.78 is 1.37. The molecule has 1 aliphatic carbocycles. The molecule has 2 heteroatoms. The Balaban J connectivity index is 2.24. The molecule has 0 spiro atoms. The Bertz CT molecular complexity index is 878.